The summed E-state index contributed by atoms with van der Waals surface area (Å²) < 4.78 is 1.91. The predicted octanol–water partition coefficient (Wildman–Crippen LogP) is 1.68. The number of hydrogen-bond donors (Lipinski definition) is 2. The van der Waals surface area contributed by atoms with Gasteiger partial charge in [0.1, 0.15) is 0 Å². The average Bonchev–Trinajstić information content (AvgIpc) is 2.71. The van der Waals surface area contributed by atoms with E-state index in [4.69, 9.17) is 5.73 Å². The highest BCUT2D eigenvalue weighted by Crippen LogP contribution is 2.33. The van der Waals surface area contributed by atoms with Crippen LogP contribution in [0.5, 0.6) is 0 Å². The van der Waals surface area contributed by atoms with Crippen molar-refractivity contribution in [3.63, 3.8) is 0 Å². The van der Waals surface area contributed by atoms with Crippen molar-refractivity contribution in [2.45, 2.75) is 58.5 Å². The van der Waals surface area contributed by atoms with Crippen LogP contribution < -0.4 is 11.1 Å². The summed E-state index contributed by atoms with van der Waals surface area (Å²) in [6.45, 7) is 7.58. The number of carbonyl (C=O) groups is 1. The third kappa shape index (κ3) is 2.46. The number of carbonyl (C=O) groups excluding carboxylic acids is 1. The fourth-order valence-corrected chi connectivity index (χ4v) is 2.49. The monoisotopic (exact) mass is 278 g/mol. The fraction of sp³-hybridized carbons (Fsp3) is 0.733. The summed E-state index contributed by atoms with van der Waals surface area (Å²) in [6, 6.07) is 0.0570. The van der Waals surface area contributed by atoms with Gasteiger partial charge < -0.3 is 11.1 Å². The lowest BCUT2D eigenvalue weighted by molar-refractivity contribution is -0.133. The Morgan fingerprint density at radius 3 is 2.70 bits per heavy atom. The Morgan fingerprint density at radius 2 is 2.10 bits per heavy atom. The predicted molar refractivity (Wildman–Crippen MR) is 79.1 cm³/mol. The number of rotatable bonds is 3. The molecule has 1 aromatic rings. The molecular weight excluding hydrogens is 252 g/mol. The minimum Gasteiger partial charge on any atom is -0.349 e. The number of aryl methyl sites for hydroxylation is 1. The molecule has 1 aliphatic carbocycles. The van der Waals surface area contributed by atoms with Gasteiger partial charge in [0.2, 0.25) is 5.91 Å². The van der Waals surface area contributed by atoms with Crippen molar-refractivity contribution in [2.75, 3.05) is 0 Å². The van der Waals surface area contributed by atoms with Gasteiger partial charge in [-0.3, -0.25) is 9.48 Å². The number of aromatic nitrogens is 2. The molecule has 0 radical (unpaired) electrons. The highest BCUT2D eigenvalue weighted by atomic mass is 16.2. The largest absolute Gasteiger partial charge is 0.349 e. The third-order valence-corrected chi connectivity index (χ3v) is 4.86. The molecule has 5 nitrogen and oxygen atoms in total. The molecule has 0 bridgehead atoms. The van der Waals surface area contributed by atoms with E-state index >= 15 is 0 Å². The molecule has 0 saturated heterocycles. The van der Waals surface area contributed by atoms with Gasteiger partial charge in [0, 0.05) is 23.8 Å². The summed E-state index contributed by atoms with van der Waals surface area (Å²) in [5, 5.41) is 7.47. The maximum Gasteiger partial charge on any atom is 0.227 e. The first kappa shape index (κ1) is 15.0. The summed E-state index contributed by atoms with van der Waals surface area (Å²) in [7, 11) is 1.95. The minimum absolute atomic E-state index is 0.00621. The molecule has 1 unspecified atom stereocenters. The molecule has 1 amide bonds. The lowest BCUT2D eigenvalue weighted by atomic mass is 9.74. The van der Waals surface area contributed by atoms with E-state index in [0.717, 1.165) is 24.8 Å². The number of fused-ring (bicyclic) bond motifs is 1. The van der Waals surface area contributed by atoms with E-state index < -0.39 is 11.0 Å². The van der Waals surface area contributed by atoms with Crippen molar-refractivity contribution in [2.24, 2.45) is 18.2 Å². The van der Waals surface area contributed by atoms with Gasteiger partial charge in [-0.05, 0) is 47.0 Å². The van der Waals surface area contributed by atoms with Crippen LogP contribution in [-0.4, -0.2) is 21.2 Å². The van der Waals surface area contributed by atoms with Crippen LogP contribution in [-0.2, 0) is 18.3 Å². The zero-order chi connectivity index (χ0) is 15.1. The first-order valence-corrected chi connectivity index (χ1v) is 7.25. The van der Waals surface area contributed by atoms with Crippen LogP contribution in [0.3, 0.4) is 0 Å². The van der Waals surface area contributed by atoms with Gasteiger partial charge in [-0.15, -0.1) is 0 Å². The summed E-state index contributed by atoms with van der Waals surface area (Å²) in [4.78, 5) is 12.6. The smallest absolute Gasteiger partial charge is 0.227 e. The van der Waals surface area contributed by atoms with Gasteiger partial charge in [-0.25, -0.2) is 0 Å². The Hall–Kier alpha value is -1.36. The number of hydrogen-bond acceptors (Lipinski definition) is 3. The highest BCUT2D eigenvalue weighted by Gasteiger charge is 2.41. The van der Waals surface area contributed by atoms with E-state index in [0.29, 0.717) is 0 Å². The molecule has 3 N–H and O–H groups in total. The summed E-state index contributed by atoms with van der Waals surface area (Å²) in [5.74, 6) is 0.00621. The van der Waals surface area contributed by atoms with Crippen LogP contribution in [0.4, 0.5) is 0 Å². The second-order valence-electron chi connectivity index (χ2n) is 6.94. The molecule has 0 saturated carbocycles. The van der Waals surface area contributed by atoms with E-state index in [1.165, 1.54) is 5.69 Å². The van der Waals surface area contributed by atoms with Gasteiger partial charge in [0.15, 0.2) is 0 Å². The van der Waals surface area contributed by atoms with Crippen LogP contribution in [0.2, 0.25) is 0 Å². The highest BCUT2D eigenvalue weighted by molar-refractivity contribution is 5.83. The van der Waals surface area contributed by atoms with Crippen LogP contribution in [0.25, 0.3) is 0 Å². The van der Waals surface area contributed by atoms with Crippen LogP contribution in [0.15, 0.2) is 6.20 Å². The molecule has 0 fully saturated rings. The molecule has 20 heavy (non-hydrogen) atoms. The Bertz CT molecular complexity index is 510. The SMILES string of the molecule is Cn1ncc2c1CCCC2NC(=O)C(C)(C)C(C)(C)N. The van der Waals surface area contributed by atoms with E-state index in [-0.39, 0.29) is 11.9 Å². The van der Waals surface area contributed by atoms with Gasteiger partial charge in [-0.2, -0.15) is 5.10 Å². The molecule has 1 heterocycles. The quantitative estimate of drug-likeness (QED) is 0.883. The molecule has 0 aliphatic heterocycles. The van der Waals surface area contributed by atoms with Crippen molar-refractivity contribution >= 4 is 5.91 Å². The van der Waals surface area contributed by atoms with E-state index in [1.807, 2.05) is 45.6 Å². The van der Waals surface area contributed by atoms with Crippen molar-refractivity contribution in [3.05, 3.63) is 17.5 Å². The van der Waals surface area contributed by atoms with Crippen LogP contribution in [0.1, 0.15) is 57.8 Å². The van der Waals surface area contributed by atoms with Crippen molar-refractivity contribution in [1.82, 2.24) is 15.1 Å². The van der Waals surface area contributed by atoms with Gasteiger partial charge in [0.05, 0.1) is 17.7 Å². The first-order chi connectivity index (χ1) is 9.14. The lowest BCUT2D eigenvalue weighted by Gasteiger charge is -2.38. The minimum atomic E-state index is -0.618. The first-order valence-electron chi connectivity index (χ1n) is 7.25. The van der Waals surface area contributed by atoms with Crippen molar-refractivity contribution < 1.29 is 4.79 Å². The second-order valence-corrected chi connectivity index (χ2v) is 6.94. The summed E-state index contributed by atoms with van der Waals surface area (Å²) in [6.07, 6.45) is 4.94. The number of nitrogens with one attached hydrogen (secondary N) is 1. The van der Waals surface area contributed by atoms with E-state index in [9.17, 15) is 4.79 Å². The zero-order valence-electron chi connectivity index (χ0n) is 13.2. The van der Waals surface area contributed by atoms with E-state index in [2.05, 4.69) is 10.4 Å². The number of nitrogens with two attached hydrogens (primary N) is 1. The summed E-state index contributed by atoms with van der Waals surface area (Å²) >= 11 is 0. The Balaban J connectivity index is 2.18. The summed E-state index contributed by atoms with van der Waals surface area (Å²) in [5.41, 5.74) is 7.34. The number of amides is 1. The molecular formula is C15H26N4O. The van der Waals surface area contributed by atoms with Gasteiger partial charge in [-0.1, -0.05) is 0 Å². The Morgan fingerprint density at radius 1 is 1.45 bits per heavy atom. The van der Waals surface area contributed by atoms with E-state index in [1.54, 1.807) is 0 Å². The van der Waals surface area contributed by atoms with Crippen molar-refractivity contribution in [3.8, 4) is 0 Å². The van der Waals surface area contributed by atoms with Crippen LogP contribution in [0, 0.1) is 5.41 Å². The molecule has 0 aromatic carbocycles. The van der Waals surface area contributed by atoms with Crippen LogP contribution >= 0.6 is 0 Å². The number of nitrogens with zero attached hydrogens (tertiary/aromatic N) is 2. The molecule has 1 aliphatic rings. The third-order valence-electron chi connectivity index (χ3n) is 4.86. The molecule has 112 valence electrons. The zero-order valence-corrected chi connectivity index (χ0v) is 13.2. The average molecular weight is 278 g/mol. The maximum atomic E-state index is 12.6. The fourth-order valence-electron chi connectivity index (χ4n) is 2.49. The standard InChI is InChI=1S/C15H26N4O/c1-14(2,15(3,4)16)13(20)18-11-7-6-8-12-10(11)9-17-19(12)5/h9,11H,6-8,16H2,1-5H3,(H,18,20). The molecule has 5 heteroatoms. The Labute approximate surface area is 120 Å². The molecule has 0 spiro atoms. The lowest BCUT2D eigenvalue weighted by Crippen LogP contribution is -2.56. The topological polar surface area (TPSA) is 72.9 Å². The molecule has 2 rings (SSSR count). The second kappa shape index (κ2) is 4.88. The molecule has 1 aromatic heterocycles. The molecule has 1 atom stereocenters. The maximum absolute atomic E-state index is 12.6. The Kier molecular flexibility index (Phi) is 3.67. The normalized spacial score (nSPS) is 19.6. The van der Waals surface area contributed by atoms with Crippen molar-refractivity contribution in [1.29, 1.82) is 0 Å². The van der Waals surface area contributed by atoms with Gasteiger partial charge >= 0.3 is 0 Å². The van der Waals surface area contributed by atoms with Gasteiger partial charge in [0.25, 0.3) is 0 Å².